The van der Waals surface area contributed by atoms with Crippen LogP contribution in [-0.2, 0) is 6.42 Å². The van der Waals surface area contributed by atoms with Gasteiger partial charge in [-0.15, -0.1) is 0 Å². The number of nitrogens with one attached hydrogen (secondary N) is 1. The highest BCUT2D eigenvalue weighted by Crippen LogP contribution is 2.25. The molecule has 0 amide bonds. The molecule has 0 spiro atoms. The van der Waals surface area contributed by atoms with E-state index in [0.717, 1.165) is 18.7 Å². The fraction of sp³-hybridized carbons (Fsp3) is 0.538. The number of ether oxygens (including phenoxy) is 1. The third-order valence-electron chi connectivity index (χ3n) is 3.28. The van der Waals surface area contributed by atoms with Crippen LogP contribution in [0, 0.1) is 5.82 Å². The van der Waals surface area contributed by atoms with Gasteiger partial charge in [0.2, 0.25) is 0 Å². The molecule has 2 rings (SSSR count). The average molecular weight is 239 g/mol. The van der Waals surface area contributed by atoms with Gasteiger partial charge in [0.1, 0.15) is 0 Å². The number of halogens is 1. The Morgan fingerprint density at radius 3 is 2.71 bits per heavy atom. The Hall–Kier alpha value is -1.13. The average Bonchev–Trinajstić information content (AvgIpc) is 2.29. The van der Waals surface area contributed by atoms with Crippen LogP contribution in [0.4, 0.5) is 4.39 Å². The Bertz CT molecular complexity index is 389. The summed E-state index contributed by atoms with van der Waals surface area (Å²) in [5.41, 5.74) is 0.111. The van der Waals surface area contributed by atoms with Gasteiger partial charge in [-0.1, -0.05) is 6.07 Å². The van der Waals surface area contributed by atoms with E-state index >= 15 is 0 Å². The first-order chi connectivity index (χ1) is 8.13. The molecule has 2 N–H and O–H groups in total. The lowest BCUT2D eigenvalue weighted by Gasteiger charge is -2.32. The molecule has 1 saturated heterocycles. The molecule has 0 saturated carbocycles. The molecule has 1 aliphatic heterocycles. The molecule has 0 aliphatic carbocycles. The number of hydrogen-bond donors (Lipinski definition) is 2. The van der Waals surface area contributed by atoms with Crippen LogP contribution in [0.25, 0.3) is 0 Å². The second kappa shape index (κ2) is 5.02. The standard InChI is InChI=1S/C13H18FNO2/c1-17-12-3-2-10(8-11(12)14)9-13(16)4-6-15-7-5-13/h2-3,8,15-16H,4-7,9H2,1H3. The highest BCUT2D eigenvalue weighted by Gasteiger charge is 2.29. The first-order valence-corrected chi connectivity index (χ1v) is 5.88. The van der Waals surface area contributed by atoms with Crippen LogP contribution >= 0.6 is 0 Å². The minimum absolute atomic E-state index is 0.242. The summed E-state index contributed by atoms with van der Waals surface area (Å²) in [7, 11) is 1.44. The van der Waals surface area contributed by atoms with Gasteiger partial charge >= 0.3 is 0 Å². The van der Waals surface area contributed by atoms with Gasteiger partial charge in [0.05, 0.1) is 12.7 Å². The Morgan fingerprint density at radius 1 is 1.41 bits per heavy atom. The molecule has 1 aromatic rings. The lowest BCUT2D eigenvalue weighted by atomic mass is 9.86. The smallest absolute Gasteiger partial charge is 0.165 e. The van der Waals surface area contributed by atoms with Crippen LogP contribution in [0.1, 0.15) is 18.4 Å². The molecule has 4 heteroatoms. The van der Waals surface area contributed by atoms with E-state index in [0.29, 0.717) is 19.3 Å². The van der Waals surface area contributed by atoms with Gasteiger partial charge in [-0.25, -0.2) is 4.39 Å². The number of aliphatic hydroxyl groups is 1. The highest BCUT2D eigenvalue weighted by molar-refractivity contribution is 5.30. The summed E-state index contributed by atoms with van der Waals surface area (Å²) < 4.78 is 18.4. The number of methoxy groups -OCH3 is 1. The van der Waals surface area contributed by atoms with Gasteiger partial charge in [0.25, 0.3) is 0 Å². The minimum atomic E-state index is -0.702. The van der Waals surface area contributed by atoms with Crippen LogP contribution in [0.15, 0.2) is 18.2 Å². The summed E-state index contributed by atoms with van der Waals surface area (Å²) in [6.07, 6.45) is 1.91. The predicted molar refractivity (Wildman–Crippen MR) is 63.7 cm³/mol. The van der Waals surface area contributed by atoms with E-state index in [1.54, 1.807) is 6.07 Å². The van der Waals surface area contributed by atoms with Gasteiger partial charge in [-0.2, -0.15) is 0 Å². The van der Waals surface area contributed by atoms with Crippen LogP contribution in [-0.4, -0.2) is 30.9 Å². The maximum Gasteiger partial charge on any atom is 0.165 e. The Labute approximate surface area is 101 Å². The molecule has 0 unspecified atom stereocenters. The van der Waals surface area contributed by atoms with Crippen molar-refractivity contribution in [3.63, 3.8) is 0 Å². The van der Waals surface area contributed by atoms with Crippen molar-refractivity contribution in [3.05, 3.63) is 29.6 Å². The van der Waals surface area contributed by atoms with Gasteiger partial charge in [-0.3, -0.25) is 0 Å². The summed E-state index contributed by atoms with van der Waals surface area (Å²) in [5, 5.41) is 13.5. The number of piperidine rings is 1. The zero-order chi connectivity index (χ0) is 12.3. The first-order valence-electron chi connectivity index (χ1n) is 5.88. The molecule has 1 aromatic carbocycles. The second-order valence-electron chi connectivity index (χ2n) is 4.62. The van der Waals surface area contributed by atoms with E-state index in [-0.39, 0.29) is 11.6 Å². The molecule has 0 atom stereocenters. The van der Waals surface area contributed by atoms with Crippen molar-refractivity contribution < 1.29 is 14.2 Å². The van der Waals surface area contributed by atoms with Crippen molar-refractivity contribution in [2.24, 2.45) is 0 Å². The largest absolute Gasteiger partial charge is 0.494 e. The fourth-order valence-corrected chi connectivity index (χ4v) is 2.27. The molecule has 0 aromatic heterocycles. The monoisotopic (exact) mass is 239 g/mol. The zero-order valence-corrected chi connectivity index (χ0v) is 10.0. The van der Waals surface area contributed by atoms with Crippen LogP contribution in [0.5, 0.6) is 5.75 Å². The van der Waals surface area contributed by atoms with E-state index in [4.69, 9.17) is 4.74 Å². The van der Waals surface area contributed by atoms with Gasteiger partial charge < -0.3 is 15.2 Å². The summed E-state index contributed by atoms with van der Waals surface area (Å²) in [6, 6.07) is 4.86. The maximum absolute atomic E-state index is 13.5. The second-order valence-corrected chi connectivity index (χ2v) is 4.62. The molecule has 94 valence electrons. The molecule has 3 nitrogen and oxygen atoms in total. The van der Waals surface area contributed by atoms with Crippen LogP contribution in [0.2, 0.25) is 0 Å². The minimum Gasteiger partial charge on any atom is -0.494 e. The Balaban J connectivity index is 2.10. The van der Waals surface area contributed by atoms with Crippen molar-refractivity contribution in [3.8, 4) is 5.75 Å². The van der Waals surface area contributed by atoms with Crippen molar-refractivity contribution in [2.45, 2.75) is 24.9 Å². The molecule has 1 heterocycles. The summed E-state index contributed by atoms with van der Waals surface area (Å²) in [6.45, 7) is 1.63. The number of benzene rings is 1. The van der Waals surface area contributed by atoms with Crippen LogP contribution < -0.4 is 10.1 Å². The molecular weight excluding hydrogens is 221 g/mol. The Kier molecular flexibility index (Phi) is 3.64. The third-order valence-corrected chi connectivity index (χ3v) is 3.28. The number of hydrogen-bond acceptors (Lipinski definition) is 3. The molecular formula is C13H18FNO2. The summed E-state index contributed by atoms with van der Waals surface area (Å²) in [5.74, 6) is -0.131. The van der Waals surface area contributed by atoms with Crippen molar-refractivity contribution in [1.82, 2.24) is 5.32 Å². The summed E-state index contributed by atoms with van der Waals surface area (Å²) >= 11 is 0. The van der Waals surface area contributed by atoms with Crippen LogP contribution in [0.3, 0.4) is 0 Å². The molecule has 17 heavy (non-hydrogen) atoms. The van der Waals surface area contributed by atoms with E-state index < -0.39 is 5.60 Å². The zero-order valence-electron chi connectivity index (χ0n) is 10.0. The fourth-order valence-electron chi connectivity index (χ4n) is 2.27. The van der Waals surface area contributed by atoms with Crippen molar-refractivity contribution in [2.75, 3.05) is 20.2 Å². The molecule has 0 bridgehead atoms. The van der Waals surface area contributed by atoms with Crippen molar-refractivity contribution >= 4 is 0 Å². The van der Waals surface area contributed by atoms with E-state index in [2.05, 4.69) is 5.32 Å². The number of rotatable bonds is 3. The highest BCUT2D eigenvalue weighted by atomic mass is 19.1. The van der Waals surface area contributed by atoms with E-state index in [9.17, 15) is 9.50 Å². The topological polar surface area (TPSA) is 41.5 Å². The quantitative estimate of drug-likeness (QED) is 0.839. The predicted octanol–water partition coefficient (Wildman–Crippen LogP) is 1.49. The van der Waals surface area contributed by atoms with Gasteiger partial charge in [0, 0.05) is 6.42 Å². The molecule has 1 fully saturated rings. The summed E-state index contributed by atoms with van der Waals surface area (Å²) in [4.78, 5) is 0. The lowest BCUT2D eigenvalue weighted by molar-refractivity contribution is 0.0108. The molecule has 0 radical (unpaired) electrons. The normalized spacial score (nSPS) is 19.0. The SMILES string of the molecule is COc1ccc(CC2(O)CCNCC2)cc1F. The van der Waals surface area contributed by atoms with E-state index in [1.165, 1.54) is 13.2 Å². The maximum atomic E-state index is 13.5. The third kappa shape index (κ3) is 2.96. The van der Waals surface area contributed by atoms with E-state index in [1.807, 2.05) is 6.07 Å². The first kappa shape index (κ1) is 12.3. The lowest BCUT2D eigenvalue weighted by Crippen LogP contribution is -2.43. The van der Waals surface area contributed by atoms with Gasteiger partial charge in [0.15, 0.2) is 11.6 Å². The van der Waals surface area contributed by atoms with Gasteiger partial charge in [-0.05, 0) is 43.6 Å². The Morgan fingerprint density at radius 2 is 2.12 bits per heavy atom. The molecule has 1 aliphatic rings. The van der Waals surface area contributed by atoms with Crippen molar-refractivity contribution in [1.29, 1.82) is 0 Å².